The minimum absolute atomic E-state index is 0.0890. The lowest BCUT2D eigenvalue weighted by Crippen LogP contribution is -2.41. The number of anilines is 2. The van der Waals surface area contributed by atoms with Crippen LogP contribution in [0.5, 0.6) is 0 Å². The molecule has 0 saturated carbocycles. The molecule has 2 aliphatic rings. The van der Waals surface area contributed by atoms with Gasteiger partial charge in [-0.2, -0.15) is 0 Å². The maximum Gasteiger partial charge on any atom is 0.337 e. The molecule has 0 radical (unpaired) electrons. The lowest BCUT2D eigenvalue weighted by Gasteiger charge is -2.29. The van der Waals surface area contributed by atoms with E-state index in [4.69, 9.17) is 9.47 Å². The van der Waals surface area contributed by atoms with Crippen LogP contribution in [-0.2, 0) is 35.2 Å². The van der Waals surface area contributed by atoms with E-state index < -0.39 is 0 Å². The first-order valence-electron chi connectivity index (χ1n) is 18.6. The molecule has 6 rings (SSSR count). The number of amides is 3. The Bertz CT molecular complexity index is 2010. The second-order valence-electron chi connectivity index (χ2n) is 15.0. The second-order valence-corrected chi connectivity index (χ2v) is 16.2. The van der Waals surface area contributed by atoms with Crippen LogP contribution in [0.15, 0.2) is 66.7 Å². The van der Waals surface area contributed by atoms with Crippen molar-refractivity contribution in [2.24, 2.45) is 5.41 Å². The third kappa shape index (κ3) is 9.44. The number of nitrogens with one attached hydrogen (secondary N) is 2. The van der Waals surface area contributed by atoms with Gasteiger partial charge in [0.25, 0.3) is 17.7 Å². The van der Waals surface area contributed by atoms with E-state index in [9.17, 15) is 19.2 Å². The maximum absolute atomic E-state index is 14.1. The van der Waals surface area contributed by atoms with Crippen molar-refractivity contribution < 1.29 is 28.7 Å². The molecule has 1 aliphatic heterocycles. The number of benzene rings is 3. The van der Waals surface area contributed by atoms with Crippen molar-refractivity contribution in [1.29, 1.82) is 0 Å². The predicted molar refractivity (Wildman–Crippen MR) is 213 cm³/mol. The molecule has 3 aromatic carbocycles. The van der Waals surface area contributed by atoms with Crippen molar-refractivity contribution in [1.82, 2.24) is 9.80 Å². The normalized spacial score (nSPS) is 15.2. The van der Waals surface area contributed by atoms with Gasteiger partial charge in [-0.3, -0.25) is 19.3 Å². The zero-order valence-corrected chi connectivity index (χ0v) is 32.7. The summed E-state index contributed by atoms with van der Waals surface area (Å²) >= 11 is 1.47. The molecule has 4 aromatic rings. The maximum atomic E-state index is 14.1. The lowest BCUT2D eigenvalue weighted by atomic mass is 9.77. The Kier molecular flexibility index (Phi) is 12.3. The van der Waals surface area contributed by atoms with E-state index in [2.05, 4.69) is 29.4 Å². The first-order valence-corrected chi connectivity index (χ1v) is 19.4. The molecule has 10 nitrogen and oxygen atoms in total. The first-order chi connectivity index (χ1) is 25.9. The van der Waals surface area contributed by atoms with Gasteiger partial charge in [0.05, 0.1) is 31.5 Å². The van der Waals surface area contributed by atoms with Crippen LogP contribution in [0.4, 0.5) is 10.7 Å². The number of likely N-dealkylation sites (N-methyl/N-ethyl adjacent to an activating group) is 1. The summed E-state index contributed by atoms with van der Waals surface area (Å²) in [5.74, 6) is -1.13. The fourth-order valence-electron chi connectivity index (χ4n) is 7.09. The Morgan fingerprint density at radius 3 is 2.37 bits per heavy atom. The summed E-state index contributed by atoms with van der Waals surface area (Å²) in [6.45, 7) is 10.9. The minimum atomic E-state index is -0.368. The number of hydrogen-bond donors (Lipinski definition) is 2. The molecule has 3 amide bonds. The number of carbonyl (C=O) groups is 4. The number of fused-ring (bicyclic) bond motifs is 1. The van der Waals surface area contributed by atoms with Gasteiger partial charge in [0.15, 0.2) is 0 Å². The molecule has 2 N–H and O–H groups in total. The predicted octanol–water partition coefficient (Wildman–Crippen LogP) is 7.05. The van der Waals surface area contributed by atoms with Crippen molar-refractivity contribution in [2.75, 3.05) is 64.2 Å². The number of thiophene rings is 1. The standard InChI is InChI=1S/C43H50N4O6S/c1-28-25-34(16-15-30(28)12-9-29-10-13-31(14-11-29)42(51)52-5)44-39(49)37-35-17-18-43(2,3)27-36(35)54-40(37)45-38(48)32-7-6-8-33(26-32)41(50)46(4)19-20-47-21-23-53-24-22-47/h6-8,10-11,13-16,25-26H,9,12,17-24,27H2,1-5H3,(H,44,49)(H,45,48). The van der Waals surface area contributed by atoms with Crippen molar-refractivity contribution >= 4 is 45.7 Å². The molecular weight excluding hydrogens is 701 g/mol. The Morgan fingerprint density at radius 1 is 0.907 bits per heavy atom. The molecule has 0 unspecified atom stereocenters. The molecule has 54 heavy (non-hydrogen) atoms. The quantitative estimate of drug-likeness (QED) is 0.149. The number of nitrogens with zero attached hydrogens (tertiary/aromatic N) is 2. The average molecular weight is 751 g/mol. The molecule has 1 aromatic heterocycles. The summed E-state index contributed by atoms with van der Waals surface area (Å²) in [5, 5.41) is 6.69. The molecule has 1 fully saturated rings. The Morgan fingerprint density at radius 2 is 1.65 bits per heavy atom. The highest BCUT2D eigenvalue weighted by molar-refractivity contribution is 7.17. The molecule has 0 spiro atoms. The van der Waals surface area contributed by atoms with Crippen molar-refractivity contribution in [3.05, 3.63) is 116 Å². The van der Waals surface area contributed by atoms with E-state index >= 15 is 0 Å². The van der Waals surface area contributed by atoms with Crippen LogP contribution in [0, 0.1) is 12.3 Å². The largest absolute Gasteiger partial charge is 0.465 e. The highest BCUT2D eigenvalue weighted by atomic mass is 32.1. The first kappa shape index (κ1) is 38.9. The third-order valence-electron chi connectivity index (χ3n) is 10.5. The smallest absolute Gasteiger partial charge is 0.337 e. The van der Waals surface area contributed by atoms with E-state index in [1.807, 2.05) is 37.3 Å². The number of rotatable bonds is 12. The van der Waals surface area contributed by atoms with E-state index in [0.717, 1.165) is 78.9 Å². The molecule has 11 heteroatoms. The molecule has 0 bridgehead atoms. The van der Waals surface area contributed by atoms with Gasteiger partial charge >= 0.3 is 5.97 Å². The van der Waals surface area contributed by atoms with Gasteiger partial charge in [-0.1, -0.05) is 38.1 Å². The van der Waals surface area contributed by atoms with Crippen LogP contribution in [0.3, 0.4) is 0 Å². The molecular formula is C43H50N4O6S. The average Bonchev–Trinajstić information content (AvgIpc) is 3.52. The number of methoxy groups -OCH3 is 1. The number of morpholine rings is 1. The van der Waals surface area contributed by atoms with Gasteiger partial charge in [0.1, 0.15) is 5.00 Å². The fraction of sp³-hybridized carbons (Fsp3) is 0.395. The number of carbonyl (C=O) groups excluding carboxylic acids is 4. The lowest BCUT2D eigenvalue weighted by molar-refractivity contribution is 0.0338. The van der Waals surface area contributed by atoms with Gasteiger partial charge in [-0.05, 0) is 109 Å². The summed E-state index contributed by atoms with van der Waals surface area (Å²) in [6, 6.07) is 20.1. The second kappa shape index (κ2) is 17.1. The van der Waals surface area contributed by atoms with Crippen LogP contribution >= 0.6 is 11.3 Å². The summed E-state index contributed by atoms with van der Waals surface area (Å²) in [4.78, 5) is 58.1. The van der Waals surface area contributed by atoms with Crippen LogP contribution in [0.25, 0.3) is 0 Å². The van der Waals surface area contributed by atoms with E-state index in [0.29, 0.717) is 52.7 Å². The van der Waals surface area contributed by atoms with E-state index in [-0.39, 0.29) is 29.1 Å². The Balaban J connectivity index is 1.15. The highest BCUT2D eigenvalue weighted by Crippen LogP contribution is 2.44. The zero-order chi connectivity index (χ0) is 38.4. The summed E-state index contributed by atoms with van der Waals surface area (Å²) in [7, 11) is 3.15. The Labute approximate surface area is 321 Å². The van der Waals surface area contributed by atoms with Crippen molar-refractivity contribution in [2.45, 2.75) is 52.9 Å². The van der Waals surface area contributed by atoms with Gasteiger partial charge in [0.2, 0.25) is 0 Å². The van der Waals surface area contributed by atoms with Gasteiger partial charge < -0.3 is 25.0 Å². The summed E-state index contributed by atoms with van der Waals surface area (Å²) in [5.41, 5.74) is 6.92. The minimum Gasteiger partial charge on any atom is -0.465 e. The third-order valence-corrected chi connectivity index (χ3v) is 11.6. The Hall–Kier alpha value is -4.84. The van der Waals surface area contributed by atoms with Crippen LogP contribution in [-0.4, -0.2) is 87.0 Å². The number of esters is 1. The molecule has 0 atom stereocenters. The number of hydrogen-bond acceptors (Lipinski definition) is 8. The van der Waals surface area contributed by atoms with E-state index in [1.54, 1.807) is 48.3 Å². The topological polar surface area (TPSA) is 117 Å². The van der Waals surface area contributed by atoms with Crippen LogP contribution < -0.4 is 10.6 Å². The molecule has 2 heterocycles. The molecule has 1 saturated heterocycles. The monoisotopic (exact) mass is 750 g/mol. The van der Waals surface area contributed by atoms with Gasteiger partial charge in [-0.25, -0.2) is 4.79 Å². The zero-order valence-electron chi connectivity index (χ0n) is 31.9. The summed E-state index contributed by atoms with van der Waals surface area (Å²) < 4.78 is 10.2. The highest BCUT2D eigenvalue weighted by Gasteiger charge is 2.33. The van der Waals surface area contributed by atoms with Gasteiger partial charge in [-0.15, -0.1) is 11.3 Å². The summed E-state index contributed by atoms with van der Waals surface area (Å²) in [6.07, 6.45) is 4.11. The van der Waals surface area contributed by atoms with Gasteiger partial charge in [0, 0.05) is 54.9 Å². The van der Waals surface area contributed by atoms with Crippen LogP contribution in [0.2, 0.25) is 0 Å². The molecule has 284 valence electrons. The SMILES string of the molecule is COC(=O)c1ccc(CCc2ccc(NC(=O)c3c(NC(=O)c4cccc(C(=O)N(C)CCN5CCOCC5)c4)sc4c3CCC(C)(C)C4)cc2C)cc1. The number of aryl methyl sites for hydroxylation is 3. The number of ether oxygens (including phenoxy) is 2. The van der Waals surface area contributed by atoms with Crippen molar-refractivity contribution in [3.63, 3.8) is 0 Å². The van der Waals surface area contributed by atoms with Crippen LogP contribution in [0.1, 0.15) is 88.8 Å². The fourth-order valence-corrected chi connectivity index (χ4v) is 8.59. The molecule has 1 aliphatic carbocycles. The van der Waals surface area contributed by atoms with E-state index in [1.165, 1.54) is 18.4 Å². The van der Waals surface area contributed by atoms with Crippen molar-refractivity contribution in [3.8, 4) is 0 Å².